The Morgan fingerprint density at radius 3 is 2.29 bits per heavy atom. The van der Waals surface area contributed by atoms with Gasteiger partial charge in [0.1, 0.15) is 5.75 Å². The van der Waals surface area contributed by atoms with E-state index in [1.165, 1.54) is 0 Å². The van der Waals surface area contributed by atoms with Gasteiger partial charge in [0.25, 0.3) is 0 Å². The molecule has 2 rings (SSSR count). The van der Waals surface area contributed by atoms with Gasteiger partial charge in [-0.15, -0.1) is 0 Å². The maximum atomic E-state index is 11.9. The predicted octanol–water partition coefficient (Wildman–Crippen LogP) is 2.58. The molecule has 0 heterocycles. The minimum absolute atomic E-state index is 0.227. The summed E-state index contributed by atoms with van der Waals surface area (Å²) in [5, 5.41) is 5.30. The monoisotopic (exact) mass is 326 g/mol. The summed E-state index contributed by atoms with van der Waals surface area (Å²) in [7, 11) is 0. The summed E-state index contributed by atoms with van der Waals surface area (Å²) in [4.78, 5) is 23.8. The van der Waals surface area contributed by atoms with Crippen LogP contribution in [-0.4, -0.2) is 18.4 Å². The van der Waals surface area contributed by atoms with Crippen LogP contribution in [0.5, 0.6) is 5.75 Å². The smallest absolute Gasteiger partial charge is 0.309 e. The van der Waals surface area contributed by atoms with E-state index in [9.17, 15) is 9.59 Å². The summed E-state index contributed by atoms with van der Waals surface area (Å²) >= 11 is 0. The third-order valence-electron chi connectivity index (χ3n) is 3.54. The number of nitrogens with one attached hydrogen (secondary N) is 2. The Morgan fingerprint density at radius 2 is 1.67 bits per heavy atom. The van der Waals surface area contributed by atoms with E-state index < -0.39 is 11.8 Å². The number of hydrogen-bond acceptors (Lipinski definition) is 3. The number of amides is 2. The van der Waals surface area contributed by atoms with E-state index in [1.54, 1.807) is 0 Å². The van der Waals surface area contributed by atoms with Gasteiger partial charge in [-0.1, -0.05) is 42.5 Å². The number of carbonyl (C=O) groups is 2. The van der Waals surface area contributed by atoms with Crippen molar-refractivity contribution in [3.05, 3.63) is 65.7 Å². The van der Waals surface area contributed by atoms with E-state index in [0.717, 1.165) is 16.9 Å². The molecule has 2 N–H and O–H groups in total. The van der Waals surface area contributed by atoms with Crippen molar-refractivity contribution in [3.8, 4) is 5.75 Å². The van der Waals surface area contributed by atoms with Crippen LogP contribution in [0, 0.1) is 0 Å². The molecule has 2 aromatic rings. The highest BCUT2D eigenvalue weighted by Gasteiger charge is 2.16. The van der Waals surface area contributed by atoms with Crippen molar-refractivity contribution in [3.63, 3.8) is 0 Å². The van der Waals surface area contributed by atoms with Crippen molar-refractivity contribution >= 4 is 11.8 Å². The topological polar surface area (TPSA) is 67.4 Å². The number of rotatable bonds is 6. The standard InChI is InChI=1S/C19H22N2O3/c1-3-24-17-11-9-15(10-12-17)13-20-18(22)19(23)21-14(2)16-7-5-4-6-8-16/h4-12,14H,3,13H2,1-2H3,(H,20,22)(H,21,23)/t14-/m0/s1. The van der Waals surface area contributed by atoms with E-state index in [2.05, 4.69) is 10.6 Å². The van der Waals surface area contributed by atoms with E-state index in [4.69, 9.17) is 4.74 Å². The Hall–Kier alpha value is -2.82. The van der Waals surface area contributed by atoms with E-state index in [0.29, 0.717) is 13.2 Å². The van der Waals surface area contributed by atoms with Gasteiger partial charge in [0.05, 0.1) is 12.6 Å². The molecular weight excluding hydrogens is 304 g/mol. The Balaban J connectivity index is 1.82. The molecular formula is C19H22N2O3. The van der Waals surface area contributed by atoms with Crippen molar-refractivity contribution < 1.29 is 14.3 Å². The Kier molecular flexibility index (Phi) is 6.37. The largest absolute Gasteiger partial charge is 0.494 e. The van der Waals surface area contributed by atoms with Crippen LogP contribution in [-0.2, 0) is 16.1 Å². The molecule has 0 aliphatic carbocycles. The lowest BCUT2D eigenvalue weighted by Gasteiger charge is -2.14. The molecule has 126 valence electrons. The van der Waals surface area contributed by atoms with Gasteiger partial charge in [0.15, 0.2) is 0 Å². The van der Waals surface area contributed by atoms with E-state index in [-0.39, 0.29) is 6.04 Å². The van der Waals surface area contributed by atoms with Crippen LogP contribution < -0.4 is 15.4 Å². The summed E-state index contributed by atoms with van der Waals surface area (Å²) in [6.07, 6.45) is 0. The molecule has 2 amide bonds. The third-order valence-corrected chi connectivity index (χ3v) is 3.54. The van der Waals surface area contributed by atoms with Crippen molar-refractivity contribution in [1.29, 1.82) is 0 Å². The third kappa shape index (κ3) is 5.12. The van der Waals surface area contributed by atoms with Gasteiger partial charge in [-0.3, -0.25) is 9.59 Å². The summed E-state index contributed by atoms with van der Waals surface area (Å²) in [6.45, 7) is 4.66. The quantitative estimate of drug-likeness (QED) is 0.802. The minimum atomic E-state index is -0.647. The fraction of sp³-hybridized carbons (Fsp3) is 0.263. The highest BCUT2D eigenvalue weighted by Crippen LogP contribution is 2.12. The van der Waals surface area contributed by atoms with Crippen LogP contribution >= 0.6 is 0 Å². The zero-order chi connectivity index (χ0) is 17.4. The fourth-order valence-electron chi connectivity index (χ4n) is 2.22. The number of ether oxygens (including phenoxy) is 1. The summed E-state index contributed by atoms with van der Waals surface area (Å²) in [6, 6.07) is 16.7. The summed E-state index contributed by atoms with van der Waals surface area (Å²) in [5.41, 5.74) is 1.85. The Labute approximate surface area is 142 Å². The first-order valence-electron chi connectivity index (χ1n) is 7.95. The number of carbonyl (C=O) groups excluding carboxylic acids is 2. The van der Waals surface area contributed by atoms with Crippen LogP contribution in [0.25, 0.3) is 0 Å². The average Bonchev–Trinajstić information content (AvgIpc) is 2.61. The SMILES string of the molecule is CCOc1ccc(CNC(=O)C(=O)N[C@@H](C)c2ccccc2)cc1. The number of hydrogen-bond donors (Lipinski definition) is 2. The molecule has 0 saturated heterocycles. The van der Waals surface area contributed by atoms with Gasteiger partial charge in [0.2, 0.25) is 0 Å². The molecule has 0 spiro atoms. The van der Waals surface area contributed by atoms with E-state index in [1.807, 2.05) is 68.4 Å². The molecule has 0 unspecified atom stereocenters. The van der Waals surface area contributed by atoms with Crippen molar-refractivity contribution in [2.75, 3.05) is 6.61 Å². The van der Waals surface area contributed by atoms with Crippen LogP contribution in [0.3, 0.4) is 0 Å². The fourth-order valence-corrected chi connectivity index (χ4v) is 2.22. The molecule has 0 bridgehead atoms. The Bertz CT molecular complexity index is 669. The predicted molar refractivity (Wildman–Crippen MR) is 92.5 cm³/mol. The van der Waals surface area contributed by atoms with E-state index >= 15 is 0 Å². The second-order valence-corrected chi connectivity index (χ2v) is 5.37. The first kappa shape index (κ1) is 17.5. The molecule has 0 fully saturated rings. The van der Waals surface area contributed by atoms with Crippen LogP contribution in [0.4, 0.5) is 0 Å². The molecule has 5 nitrogen and oxygen atoms in total. The molecule has 0 aromatic heterocycles. The molecule has 0 saturated carbocycles. The maximum absolute atomic E-state index is 11.9. The lowest BCUT2D eigenvalue weighted by molar-refractivity contribution is -0.139. The molecule has 24 heavy (non-hydrogen) atoms. The van der Waals surface area contributed by atoms with Crippen LogP contribution in [0.2, 0.25) is 0 Å². The molecule has 2 aromatic carbocycles. The summed E-state index contributed by atoms with van der Waals surface area (Å²) in [5.74, 6) is -0.508. The highest BCUT2D eigenvalue weighted by atomic mass is 16.5. The molecule has 1 atom stereocenters. The van der Waals surface area contributed by atoms with Crippen LogP contribution in [0.15, 0.2) is 54.6 Å². The van der Waals surface area contributed by atoms with Gasteiger partial charge in [-0.05, 0) is 37.1 Å². The van der Waals surface area contributed by atoms with Gasteiger partial charge < -0.3 is 15.4 Å². The van der Waals surface area contributed by atoms with Crippen molar-refractivity contribution in [2.45, 2.75) is 26.4 Å². The second-order valence-electron chi connectivity index (χ2n) is 5.37. The average molecular weight is 326 g/mol. The molecule has 0 aliphatic heterocycles. The normalized spacial score (nSPS) is 11.4. The van der Waals surface area contributed by atoms with Gasteiger partial charge in [0, 0.05) is 6.54 Å². The zero-order valence-corrected chi connectivity index (χ0v) is 13.9. The lowest BCUT2D eigenvalue weighted by Crippen LogP contribution is -2.40. The van der Waals surface area contributed by atoms with Crippen molar-refractivity contribution in [1.82, 2.24) is 10.6 Å². The summed E-state index contributed by atoms with van der Waals surface area (Å²) < 4.78 is 5.36. The molecule has 0 aliphatic rings. The lowest BCUT2D eigenvalue weighted by atomic mass is 10.1. The first-order chi connectivity index (χ1) is 11.6. The molecule has 5 heteroatoms. The van der Waals surface area contributed by atoms with Crippen LogP contribution in [0.1, 0.15) is 31.0 Å². The number of benzene rings is 2. The first-order valence-corrected chi connectivity index (χ1v) is 7.95. The van der Waals surface area contributed by atoms with Gasteiger partial charge >= 0.3 is 11.8 Å². The molecule has 0 radical (unpaired) electrons. The Morgan fingerprint density at radius 1 is 1.00 bits per heavy atom. The van der Waals surface area contributed by atoms with Crippen molar-refractivity contribution in [2.24, 2.45) is 0 Å². The van der Waals surface area contributed by atoms with Gasteiger partial charge in [-0.25, -0.2) is 0 Å². The van der Waals surface area contributed by atoms with Gasteiger partial charge in [-0.2, -0.15) is 0 Å². The minimum Gasteiger partial charge on any atom is -0.494 e. The zero-order valence-electron chi connectivity index (χ0n) is 13.9. The second kappa shape index (κ2) is 8.72. The highest BCUT2D eigenvalue weighted by molar-refractivity contribution is 6.35. The maximum Gasteiger partial charge on any atom is 0.309 e.